The van der Waals surface area contributed by atoms with Crippen LogP contribution in [0, 0.1) is 11.6 Å². The number of nitrogens with zero attached hydrogens (tertiary/aromatic N) is 1. The molecule has 0 spiro atoms. The first-order valence-corrected chi connectivity index (χ1v) is 7.21. The molecule has 1 aliphatic rings. The van der Waals surface area contributed by atoms with E-state index >= 15 is 0 Å². The average molecular weight is 321 g/mol. The fourth-order valence-electron chi connectivity index (χ4n) is 2.03. The molecule has 1 N–H and O–H groups in total. The molecule has 1 heterocycles. The second kappa shape index (κ2) is 4.59. The Balaban J connectivity index is 2.13. The van der Waals surface area contributed by atoms with E-state index in [2.05, 4.69) is 51.0 Å². The van der Waals surface area contributed by atoms with Crippen LogP contribution in [0.4, 0.5) is 0 Å². The van der Waals surface area contributed by atoms with Gasteiger partial charge in [-0.25, -0.2) is 4.98 Å². The summed E-state index contributed by atoms with van der Waals surface area (Å²) >= 11 is 8.85. The van der Waals surface area contributed by atoms with Crippen molar-refractivity contribution in [1.82, 2.24) is 9.97 Å². The third-order valence-corrected chi connectivity index (χ3v) is 4.03. The molecule has 18 heavy (non-hydrogen) atoms. The van der Waals surface area contributed by atoms with Gasteiger partial charge in [-0.1, -0.05) is 34.2 Å². The zero-order valence-electron chi connectivity index (χ0n) is 10.0. The summed E-state index contributed by atoms with van der Waals surface area (Å²) in [5.74, 6) is 1.51. The van der Waals surface area contributed by atoms with Crippen LogP contribution in [0.25, 0.3) is 11.4 Å². The number of aromatic amines is 1. The van der Waals surface area contributed by atoms with Crippen LogP contribution in [0.2, 0.25) is 0 Å². The van der Waals surface area contributed by atoms with Crippen molar-refractivity contribution in [3.63, 3.8) is 0 Å². The van der Waals surface area contributed by atoms with Gasteiger partial charge in [0.25, 0.3) is 0 Å². The molecule has 2 nitrogen and oxygen atoms in total. The molecule has 1 aromatic carbocycles. The Bertz CT molecular complexity index is 659. The van der Waals surface area contributed by atoms with Crippen LogP contribution in [0.5, 0.6) is 0 Å². The monoisotopic (exact) mass is 320 g/mol. The van der Waals surface area contributed by atoms with Crippen LogP contribution in [0.1, 0.15) is 30.0 Å². The Kier molecular flexibility index (Phi) is 3.08. The largest absolute Gasteiger partial charge is 0.343 e. The maximum absolute atomic E-state index is 5.26. The Labute approximate surface area is 120 Å². The number of rotatable bonds is 2. The Morgan fingerprint density at radius 2 is 2.11 bits per heavy atom. The van der Waals surface area contributed by atoms with Gasteiger partial charge < -0.3 is 4.98 Å². The molecule has 0 unspecified atom stereocenters. The lowest BCUT2D eigenvalue weighted by molar-refractivity contribution is 0.987. The van der Waals surface area contributed by atoms with Gasteiger partial charge in [-0.2, -0.15) is 0 Å². The lowest BCUT2D eigenvalue weighted by Gasteiger charge is -2.07. The summed E-state index contributed by atoms with van der Waals surface area (Å²) in [5, 5.41) is 0. The van der Waals surface area contributed by atoms with Crippen molar-refractivity contribution in [2.24, 2.45) is 0 Å². The predicted molar refractivity (Wildman–Crippen MR) is 79.3 cm³/mol. The molecule has 1 fully saturated rings. The molecule has 4 heteroatoms. The van der Waals surface area contributed by atoms with Gasteiger partial charge in [0, 0.05) is 15.7 Å². The lowest BCUT2D eigenvalue weighted by Crippen LogP contribution is -1.95. The molecule has 0 bridgehead atoms. The molecule has 0 atom stereocenters. The quantitative estimate of drug-likeness (QED) is 0.808. The molecular weight excluding hydrogens is 308 g/mol. The highest BCUT2D eigenvalue weighted by molar-refractivity contribution is 9.10. The van der Waals surface area contributed by atoms with Crippen LogP contribution in [0.3, 0.4) is 0 Å². The molecule has 1 saturated carbocycles. The van der Waals surface area contributed by atoms with Crippen molar-refractivity contribution in [2.45, 2.75) is 25.7 Å². The lowest BCUT2D eigenvalue weighted by atomic mass is 10.1. The number of H-pyrrole nitrogens is 1. The highest BCUT2D eigenvalue weighted by Gasteiger charge is 2.25. The summed E-state index contributed by atoms with van der Waals surface area (Å²) in [6.45, 7) is 2.07. The number of aromatic nitrogens is 2. The SMILES string of the molecule is Cc1ccc(-c2nc(=S)cc(C3CC3)[nH]2)c(Br)c1. The van der Waals surface area contributed by atoms with E-state index in [0.717, 1.165) is 15.9 Å². The Hall–Kier alpha value is -1.00. The van der Waals surface area contributed by atoms with Crippen LogP contribution < -0.4 is 0 Å². The van der Waals surface area contributed by atoms with Crippen molar-refractivity contribution in [1.29, 1.82) is 0 Å². The van der Waals surface area contributed by atoms with E-state index < -0.39 is 0 Å². The van der Waals surface area contributed by atoms with Gasteiger partial charge in [-0.15, -0.1) is 0 Å². The molecule has 0 aliphatic heterocycles. The predicted octanol–water partition coefficient (Wildman–Crippen LogP) is 4.75. The second-order valence-electron chi connectivity index (χ2n) is 4.78. The minimum Gasteiger partial charge on any atom is -0.343 e. The van der Waals surface area contributed by atoms with Crippen LogP contribution >= 0.6 is 28.1 Å². The van der Waals surface area contributed by atoms with Crippen molar-refractivity contribution in [2.75, 3.05) is 0 Å². The summed E-state index contributed by atoms with van der Waals surface area (Å²) < 4.78 is 1.71. The van der Waals surface area contributed by atoms with Gasteiger partial charge in [0.2, 0.25) is 0 Å². The third-order valence-electron chi connectivity index (χ3n) is 3.16. The molecule has 1 aliphatic carbocycles. The molecule has 0 amide bonds. The van der Waals surface area contributed by atoms with Gasteiger partial charge in [0.1, 0.15) is 10.5 Å². The highest BCUT2D eigenvalue weighted by Crippen LogP contribution is 2.39. The second-order valence-corrected chi connectivity index (χ2v) is 6.05. The first-order valence-electron chi connectivity index (χ1n) is 6.01. The Morgan fingerprint density at radius 3 is 2.78 bits per heavy atom. The zero-order chi connectivity index (χ0) is 12.7. The van der Waals surface area contributed by atoms with Gasteiger partial charge in [0.05, 0.1) is 0 Å². The molecule has 3 rings (SSSR count). The van der Waals surface area contributed by atoms with Gasteiger partial charge in [0.15, 0.2) is 0 Å². The van der Waals surface area contributed by atoms with Gasteiger partial charge >= 0.3 is 0 Å². The van der Waals surface area contributed by atoms with Crippen LogP contribution in [0.15, 0.2) is 28.7 Å². The summed E-state index contributed by atoms with van der Waals surface area (Å²) in [5.41, 5.74) is 3.51. The van der Waals surface area contributed by atoms with E-state index in [-0.39, 0.29) is 0 Å². The fourth-order valence-corrected chi connectivity index (χ4v) is 2.93. The minimum atomic E-state index is 0.651. The van der Waals surface area contributed by atoms with E-state index in [9.17, 15) is 0 Å². The third kappa shape index (κ3) is 2.40. The number of nitrogens with one attached hydrogen (secondary N) is 1. The first-order chi connectivity index (χ1) is 8.63. The number of hydrogen-bond donors (Lipinski definition) is 1. The highest BCUT2D eigenvalue weighted by atomic mass is 79.9. The smallest absolute Gasteiger partial charge is 0.140 e. The number of halogens is 1. The molecule has 1 aromatic heterocycles. The maximum Gasteiger partial charge on any atom is 0.140 e. The molecule has 92 valence electrons. The summed E-state index contributed by atoms with van der Waals surface area (Å²) in [6.07, 6.45) is 2.51. The number of benzene rings is 1. The number of aryl methyl sites for hydroxylation is 1. The van der Waals surface area contributed by atoms with Gasteiger partial charge in [-0.05, 0) is 49.4 Å². The van der Waals surface area contributed by atoms with Crippen molar-refractivity contribution in [3.05, 3.63) is 44.6 Å². The fraction of sp³-hybridized carbons (Fsp3) is 0.286. The summed E-state index contributed by atoms with van der Waals surface area (Å²) in [7, 11) is 0. The van der Waals surface area contributed by atoms with E-state index in [0.29, 0.717) is 10.6 Å². The van der Waals surface area contributed by atoms with E-state index in [1.165, 1.54) is 24.1 Å². The van der Waals surface area contributed by atoms with Gasteiger partial charge in [-0.3, -0.25) is 0 Å². The number of hydrogen-bond acceptors (Lipinski definition) is 2. The summed E-state index contributed by atoms with van der Waals surface area (Å²) in [6, 6.07) is 8.24. The van der Waals surface area contributed by atoms with Crippen LogP contribution in [-0.2, 0) is 0 Å². The normalized spacial score (nSPS) is 14.8. The molecule has 0 radical (unpaired) electrons. The maximum atomic E-state index is 5.26. The molecule has 0 saturated heterocycles. The van der Waals surface area contributed by atoms with E-state index in [1.54, 1.807) is 0 Å². The first kappa shape index (κ1) is 12.1. The molecule has 2 aromatic rings. The average Bonchev–Trinajstić information content (AvgIpc) is 3.11. The van der Waals surface area contributed by atoms with Crippen molar-refractivity contribution in [3.8, 4) is 11.4 Å². The Morgan fingerprint density at radius 1 is 1.33 bits per heavy atom. The van der Waals surface area contributed by atoms with Crippen molar-refractivity contribution < 1.29 is 0 Å². The molecular formula is C14H13BrN2S. The minimum absolute atomic E-state index is 0.651. The zero-order valence-corrected chi connectivity index (χ0v) is 12.4. The summed E-state index contributed by atoms with van der Waals surface area (Å²) in [4.78, 5) is 7.85. The standard InChI is InChI=1S/C14H13BrN2S/c1-8-2-5-10(11(15)6-8)14-16-12(9-3-4-9)7-13(18)17-14/h2,5-7,9H,3-4H2,1H3,(H,16,17,18). The van der Waals surface area contributed by atoms with Crippen molar-refractivity contribution >= 4 is 28.1 Å². The topological polar surface area (TPSA) is 28.7 Å². The van der Waals surface area contributed by atoms with Crippen LogP contribution in [-0.4, -0.2) is 9.97 Å². The van der Waals surface area contributed by atoms with E-state index in [1.807, 2.05) is 6.07 Å². The van der Waals surface area contributed by atoms with E-state index in [4.69, 9.17) is 12.2 Å².